The highest BCUT2D eigenvalue weighted by Gasteiger charge is 2.26. The molecule has 6 heteroatoms. The molecule has 1 aliphatic heterocycles. The van der Waals surface area contributed by atoms with E-state index < -0.39 is 7.12 Å². The van der Waals surface area contributed by atoms with Crippen molar-refractivity contribution in [3.05, 3.63) is 70.8 Å². The zero-order valence-corrected chi connectivity index (χ0v) is 15.6. The molecule has 0 radical (unpaired) electrons. The number of benzene rings is 2. The fraction of sp³-hybridized carbons (Fsp3) is 0.381. The monoisotopic (exact) mass is 366 g/mol. The Kier molecular flexibility index (Phi) is 6.66. The first-order chi connectivity index (χ1) is 13.1. The third-order valence-electron chi connectivity index (χ3n) is 5.36. The molecular formula is C21H27BN2O3. The van der Waals surface area contributed by atoms with Crippen LogP contribution in [0.15, 0.2) is 48.5 Å². The van der Waals surface area contributed by atoms with Gasteiger partial charge in [-0.1, -0.05) is 42.5 Å². The average Bonchev–Trinajstić information content (AvgIpc) is 2.72. The molecule has 2 aromatic rings. The maximum absolute atomic E-state index is 13.0. The van der Waals surface area contributed by atoms with Gasteiger partial charge in [-0.3, -0.25) is 4.79 Å². The maximum Gasteiger partial charge on any atom is 0.451 e. The third-order valence-corrected chi connectivity index (χ3v) is 5.36. The highest BCUT2D eigenvalue weighted by molar-refractivity contribution is 6.41. The minimum absolute atomic E-state index is 0.0344. The summed E-state index contributed by atoms with van der Waals surface area (Å²) >= 11 is 0. The summed E-state index contributed by atoms with van der Waals surface area (Å²) in [5, 5.41) is 18.2. The molecular weight excluding hydrogens is 339 g/mol. The molecule has 2 aromatic carbocycles. The molecule has 1 heterocycles. The van der Waals surface area contributed by atoms with Gasteiger partial charge in [-0.25, -0.2) is 0 Å². The summed E-state index contributed by atoms with van der Waals surface area (Å²) in [5.41, 5.74) is 9.74. The summed E-state index contributed by atoms with van der Waals surface area (Å²) in [4.78, 5) is 14.9. The second kappa shape index (κ2) is 9.17. The molecule has 4 N–H and O–H groups in total. The second-order valence-corrected chi connectivity index (χ2v) is 7.19. The van der Waals surface area contributed by atoms with Gasteiger partial charge in [0.05, 0.1) is 0 Å². The topological polar surface area (TPSA) is 86.8 Å². The van der Waals surface area contributed by atoms with Gasteiger partial charge in [-0.2, -0.15) is 0 Å². The number of hydrogen-bond donors (Lipinski definition) is 3. The predicted octanol–water partition coefficient (Wildman–Crippen LogP) is 2.18. The Labute approximate surface area is 161 Å². The van der Waals surface area contributed by atoms with Gasteiger partial charge in [-0.15, -0.1) is 0 Å². The van der Waals surface area contributed by atoms with Gasteiger partial charge in [0.25, 0.3) is 5.91 Å². The van der Waals surface area contributed by atoms with E-state index in [1.54, 1.807) is 0 Å². The van der Waals surface area contributed by atoms with Gasteiger partial charge in [-0.05, 0) is 54.3 Å². The highest BCUT2D eigenvalue weighted by atomic mass is 16.4. The van der Waals surface area contributed by atoms with Crippen molar-refractivity contribution in [3.8, 4) is 0 Å². The summed E-state index contributed by atoms with van der Waals surface area (Å²) in [5.74, 6) is 0.493. The van der Waals surface area contributed by atoms with E-state index in [1.807, 2.05) is 35.2 Å². The van der Waals surface area contributed by atoms with E-state index in [1.165, 1.54) is 5.56 Å². The van der Waals surface area contributed by atoms with Crippen LogP contribution in [-0.2, 0) is 13.0 Å². The molecule has 0 spiro atoms. The van der Waals surface area contributed by atoms with Gasteiger partial charge in [0.15, 0.2) is 0 Å². The van der Waals surface area contributed by atoms with Crippen molar-refractivity contribution < 1.29 is 14.8 Å². The van der Waals surface area contributed by atoms with Crippen molar-refractivity contribution in [2.75, 3.05) is 13.1 Å². The average molecular weight is 366 g/mol. The molecule has 27 heavy (non-hydrogen) atoms. The molecule has 3 rings (SSSR count). The number of nitrogens with zero attached hydrogens (tertiary/aromatic N) is 1. The normalized spacial score (nSPS) is 15.0. The molecule has 0 aromatic heterocycles. The van der Waals surface area contributed by atoms with Crippen LogP contribution in [0, 0.1) is 0 Å². The Bertz CT molecular complexity index is 774. The van der Waals surface area contributed by atoms with E-state index in [4.69, 9.17) is 15.8 Å². The fourth-order valence-corrected chi connectivity index (χ4v) is 3.79. The molecule has 0 unspecified atom stereocenters. The van der Waals surface area contributed by atoms with Gasteiger partial charge < -0.3 is 20.7 Å². The Morgan fingerprint density at radius 3 is 2.56 bits per heavy atom. The zero-order valence-electron chi connectivity index (χ0n) is 15.6. The van der Waals surface area contributed by atoms with Crippen LogP contribution in [0.3, 0.4) is 0 Å². The number of likely N-dealkylation sites (tertiary alicyclic amines) is 1. The number of carbonyl (C=O) groups is 1. The Morgan fingerprint density at radius 1 is 1.11 bits per heavy atom. The lowest BCUT2D eigenvalue weighted by molar-refractivity contribution is 0.0712. The van der Waals surface area contributed by atoms with Crippen molar-refractivity contribution in [2.24, 2.45) is 5.73 Å². The first-order valence-electron chi connectivity index (χ1n) is 9.60. The maximum atomic E-state index is 13.0. The minimum atomic E-state index is -1.35. The number of rotatable bonds is 6. The van der Waals surface area contributed by atoms with Crippen molar-refractivity contribution in [1.29, 1.82) is 0 Å². The van der Waals surface area contributed by atoms with Crippen molar-refractivity contribution in [3.63, 3.8) is 0 Å². The van der Waals surface area contributed by atoms with E-state index in [0.29, 0.717) is 24.4 Å². The second-order valence-electron chi connectivity index (χ2n) is 7.19. The number of hydrogen-bond acceptors (Lipinski definition) is 4. The number of nitrogens with two attached hydrogens (primary N) is 1. The van der Waals surface area contributed by atoms with E-state index >= 15 is 0 Å². The van der Waals surface area contributed by atoms with Crippen molar-refractivity contribution >= 4 is 13.0 Å². The summed E-state index contributed by atoms with van der Waals surface area (Å²) in [7, 11) is -1.35. The molecule has 1 saturated heterocycles. The van der Waals surface area contributed by atoms with Crippen LogP contribution in [0.5, 0.6) is 0 Å². The van der Waals surface area contributed by atoms with Crippen molar-refractivity contribution in [1.82, 2.24) is 4.90 Å². The van der Waals surface area contributed by atoms with E-state index in [2.05, 4.69) is 18.2 Å². The molecule has 0 aliphatic carbocycles. The molecule has 5 nitrogen and oxygen atoms in total. The molecule has 0 saturated carbocycles. The van der Waals surface area contributed by atoms with Crippen LogP contribution in [0.25, 0.3) is 0 Å². The fourth-order valence-electron chi connectivity index (χ4n) is 3.79. The number of carbonyl (C=O) groups excluding carboxylic acids is 1. The summed E-state index contributed by atoms with van der Waals surface area (Å²) in [6, 6.07) is 15.9. The summed E-state index contributed by atoms with van der Waals surface area (Å²) in [6.07, 6.45) is 2.58. The molecule has 1 aliphatic rings. The zero-order chi connectivity index (χ0) is 19.2. The SMILES string of the molecule is NCc1cccc(C2CCN(C(=O)c3ccccc3CCB(O)O)CC2)c1. The molecule has 0 atom stereocenters. The van der Waals surface area contributed by atoms with Crippen molar-refractivity contribution in [2.45, 2.75) is 38.0 Å². The van der Waals surface area contributed by atoms with E-state index in [0.717, 1.165) is 37.1 Å². The van der Waals surface area contributed by atoms with Gasteiger partial charge in [0.2, 0.25) is 0 Å². The molecule has 1 fully saturated rings. The first-order valence-corrected chi connectivity index (χ1v) is 9.60. The highest BCUT2D eigenvalue weighted by Crippen LogP contribution is 2.29. The van der Waals surface area contributed by atoms with E-state index in [-0.39, 0.29) is 12.2 Å². The van der Waals surface area contributed by atoms with Crippen LogP contribution >= 0.6 is 0 Å². The summed E-state index contributed by atoms with van der Waals surface area (Å²) in [6.45, 7) is 2.01. The van der Waals surface area contributed by atoms with Crippen LogP contribution in [0.2, 0.25) is 6.32 Å². The minimum Gasteiger partial charge on any atom is -0.427 e. The summed E-state index contributed by atoms with van der Waals surface area (Å²) < 4.78 is 0. The van der Waals surface area contributed by atoms with Crippen LogP contribution in [0.1, 0.15) is 45.8 Å². The number of piperidine rings is 1. The molecule has 0 bridgehead atoms. The smallest absolute Gasteiger partial charge is 0.427 e. The van der Waals surface area contributed by atoms with Gasteiger partial charge in [0, 0.05) is 25.2 Å². The molecule has 1 amide bonds. The standard InChI is InChI=1S/C21H27BN2O3/c23-15-16-4-3-6-19(14-16)17-9-12-24(13-10-17)21(25)20-7-2-1-5-18(20)8-11-22(26)27/h1-7,14,17,26-27H,8-13,15,23H2. The lowest BCUT2D eigenvalue weighted by Crippen LogP contribution is -2.38. The van der Waals surface area contributed by atoms with Gasteiger partial charge in [0.1, 0.15) is 0 Å². The number of aryl methyl sites for hydroxylation is 1. The Balaban J connectivity index is 1.65. The first kappa shape index (κ1) is 19.6. The number of amides is 1. The van der Waals surface area contributed by atoms with Crippen LogP contribution < -0.4 is 5.73 Å². The Hall–Kier alpha value is -2.15. The lowest BCUT2D eigenvalue weighted by Gasteiger charge is -2.33. The quantitative estimate of drug-likeness (QED) is 0.684. The van der Waals surface area contributed by atoms with Gasteiger partial charge >= 0.3 is 7.12 Å². The van der Waals surface area contributed by atoms with E-state index in [9.17, 15) is 4.79 Å². The third kappa shape index (κ3) is 4.98. The molecule has 142 valence electrons. The van der Waals surface area contributed by atoms with Crippen LogP contribution in [0.4, 0.5) is 0 Å². The lowest BCUT2D eigenvalue weighted by atomic mass is 9.82. The Morgan fingerprint density at radius 2 is 1.85 bits per heavy atom. The van der Waals surface area contributed by atoms with Crippen LogP contribution in [-0.4, -0.2) is 41.1 Å². The predicted molar refractivity (Wildman–Crippen MR) is 107 cm³/mol. The largest absolute Gasteiger partial charge is 0.451 e.